The van der Waals surface area contributed by atoms with E-state index in [0.29, 0.717) is 18.1 Å². The van der Waals surface area contributed by atoms with Gasteiger partial charge in [0.05, 0.1) is 11.4 Å². The predicted molar refractivity (Wildman–Crippen MR) is 138 cm³/mol. The number of hydrogen-bond donors (Lipinski definition) is 1. The highest BCUT2D eigenvalue weighted by Crippen LogP contribution is 2.29. The van der Waals surface area contributed by atoms with E-state index in [0.717, 1.165) is 47.7 Å². The average Bonchev–Trinajstić information content (AvgIpc) is 3.29. The smallest absolute Gasteiger partial charge is 0.332 e. The first-order chi connectivity index (χ1) is 16.8. The first-order valence-corrected chi connectivity index (χ1v) is 12.8. The van der Waals surface area contributed by atoms with Crippen molar-refractivity contribution in [1.29, 1.82) is 0 Å². The molecule has 3 heterocycles. The molecule has 2 aromatic heterocycles. The molecule has 0 aliphatic carbocycles. The highest BCUT2D eigenvalue weighted by molar-refractivity contribution is 7.99. The molecule has 10 nitrogen and oxygen atoms in total. The zero-order chi connectivity index (χ0) is 25.1. The van der Waals surface area contributed by atoms with Crippen molar-refractivity contribution < 1.29 is 4.79 Å². The molecule has 11 heteroatoms. The van der Waals surface area contributed by atoms with Crippen LogP contribution in [-0.4, -0.2) is 48.5 Å². The van der Waals surface area contributed by atoms with Crippen molar-refractivity contribution in [1.82, 2.24) is 23.9 Å². The first kappa shape index (κ1) is 24.8. The lowest BCUT2D eigenvalue weighted by Gasteiger charge is -2.27. The summed E-state index contributed by atoms with van der Waals surface area (Å²) in [7, 11) is 1.36. The predicted octanol–water partition coefficient (Wildman–Crippen LogP) is 2.39. The number of carbonyl (C=O) groups is 1. The highest BCUT2D eigenvalue weighted by atomic mass is 32.2. The van der Waals surface area contributed by atoms with Crippen LogP contribution in [0.15, 0.2) is 39.0 Å². The van der Waals surface area contributed by atoms with Gasteiger partial charge < -0.3 is 10.6 Å². The lowest BCUT2D eigenvalue weighted by Crippen LogP contribution is -2.42. The number of aromatic nitrogens is 5. The SMILES string of the molecule is CCCn1c(N)c(C(=O)CSc2nnc(N3CCCCC3)n2-c2ccc(C)cc2)c(=O)n(C)c1=O. The molecule has 1 aromatic carbocycles. The number of piperidine rings is 1. The lowest BCUT2D eigenvalue weighted by molar-refractivity contribution is 0.102. The second kappa shape index (κ2) is 10.5. The van der Waals surface area contributed by atoms with Gasteiger partial charge in [-0.15, -0.1) is 10.2 Å². The summed E-state index contributed by atoms with van der Waals surface area (Å²) in [6.45, 7) is 6.05. The molecule has 1 aliphatic heterocycles. The minimum Gasteiger partial charge on any atom is -0.384 e. The summed E-state index contributed by atoms with van der Waals surface area (Å²) in [6.07, 6.45) is 4.03. The van der Waals surface area contributed by atoms with E-state index in [2.05, 4.69) is 15.1 Å². The van der Waals surface area contributed by atoms with Crippen molar-refractivity contribution in [3.63, 3.8) is 0 Å². The zero-order valence-corrected chi connectivity index (χ0v) is 21.2. The van der Waals surface area contributed by atoms with E-state index in [1.165, 1.54) is 29.8 Å². The Morgan fingerprint density at radius 2 is 1.77 bits per heavy atom. The van der Waals surface area contributed by atoms with E-state index in [-0.39, 0.29) is 17.1 Å². The maximum Gasteiger partial charge on any atom is 0.332 e. The Hall–Kier alpha value is -3.34. The van der Waals surface area contributed by atoms with Crippen LogP contribution in [-0.2, 0) is 13.6 Å². The molecule has 1 saturated heterocycles. The molecule has 4 rings (SSSR count). The number of anilines is 2. The molecule has 0 unspecified atom stereocenters. The zero-order valence-electron chi connectivity index (χ0n) is 20.4. The summed E-state index contributed by atoms with van der Waals surface area (Å²) in [5, 5.41) is 9.41. The Labute approximate surface area is 207 Å². The van der Waals surface area contributed by atoms with Gasteiger partial charge in [0.1, 0.15) is 11.4 Å². The fourth-order valence-corrected chi connectivity index (χ4v) is 5.08. The van der Waals surface area contributed by atoms with E-state index in [9.17, 15) is 14.4 Å². The maximum absolute atomic E-state index is 13.2. The van der Waals surface area contributed by atoms with Crippen LogP contribution < -0.4 is 21.9 Å². The van der Waals surface area contributed by atoms with E-state index in [1.807, 2.05) is 42.7 Å². The number of thioether (sulfide) groups is 1. The van der Waals surface area contributed by atoms with Crippen molar-refractivity contribution in [2.45, 2.75) is 51.2 Å². The number of nitrogens with two attached hydrogens (primary N) is 1. The van der Waals surface area contributed by atoms with Gasteiger partial charge >= 0.3 is 5.69 Å². The molecule has 1 aliphatic rings. The molecule has 3 aromatic rings. The number of benzene rings is 1. The second-order valence-electron chi connectivity index (χ2n) is 8.77. The Morgan fingerprint density at radius 1 is 1.09 bits per heavy atom. The molecule has 35 heavy (non-hydrogen) atoms. The van der Waals surface area contributed by atoms with Gasteiger partial charge in [0.15, 0.2) is 10.9 Å². The normalized spacial score (nSPS) is 13.9. The van der Waals surface area contributed by atoms with Crippen LogP contribution in [0.3, 0.4) is 0 Å². The number of nitrogen functional groups attached to an aromatic ring is 1. The molecule has 0 spiro atoms. The maximum atomic E-state index is 13.2. The second-order valence-corrected chi connectivity index (χ2v) is 9.71. The lowest BCUT2D eigenvalue weighted by atomic mass is 10.1. The summed E-state index contributed by atoms with van der Waals surface area (Å²) in [6, 6.07) is 8.06. The molecular formula is C24H31N7O3S. The fourth-order valence-electron chi connectivity index (χ4n) is 4.26. The number of ketones is 1. The van der Waals surface area contributed by atoms with Gasteiger partial charge in [-0.05, 0) is 44.7 Å². The van der Waals surface area contributed by atoms with E-state index in [1.54, 1.807) is 0 Å². The molecule has 0 radical (unpaired) electrons. The third-order valence-corrected chi connectivity index (χ3v) is 7.12. The summed E-state index contributed by atoms with van der Waals surface area (Å²) in [4.78, 5) is 40.6. The van der Waals surface area contributed by atoms with Crippen molar-refractivity contribution in [2.24, 2.45) is 7.05 Å². The minimum atomic E-state index is -0.681. The van der Waals surface area contributed by atoms with Crippen LogP contribution in [0, 0.1) is 6.92 Å². The summed E-state index contributed by atoms with van der Waals surface area (Å²) < 4.78 is 4.18. The Balaban J connectivity index is 1.67. The number of aryl methyl sites for hydroxylation is 1. The average molecular weight is 498 g/mol. The highest BCUT2D eigenvalue weighted by Gasteiger charge is 2.25. The quantitative estimate of drug-likeness (QED) is 0.372. The van der Waals surface area contributed by atoms with Gasteiger partial charge in [-0.25, -0.2) is 4.79 Å². The molecule has 0 saturated carbocycles. The molecule has 2 N–H and O–H groups in total. The monoisotopic (exact) mass is 497 g/mol. The third-order valence-electron chi connectivity index (χ3n) is 6.19. The van der Waals surface area contributed by atoms with Crippen LogP contribution in [0.1, 0.15) is 48.5 Å². The van der Waals surface area contributed by atoms with E-state index in [4.69, 9.17) is 5.73 Å². The molecule has 0 amide bonds. The topological polar surface area (TPSA) is 121 Å². The number of carbonyl (C=O) groups excluding carboxylic acids is 1. The van der Waals surface area contributed by atoms with E-state index < -0.39 is 17.0 Å². The molecule has 0 atom stereocenters. The minimum absolute atomic E-state index is 0.0617. The molecule has 0 bridgehead atoms. The number of rotatable bonds is 8. The van der Waals surface area contributed by atoms with E-state index >= 15 is 0 Å². The van der Waals surface area contributed by atoms with Crippen LogP contribution in [0.4, 0.5) is 11.8 Å². The molecule has 186 valence electrons. The molecular weight excluding hydrogens is 466 g/mol. The van der Waals surface area contributed by atoms with Gasteiger partial charge in [0.2, 0.25) is 5.95 Å². The number of nitrogens with zero attached hydrogens (tertiary/aromatic N) is 6. The largest absolute Gasteiger partial charge is 0.384 e. The van der Waals surface area contributed by atoms with Gasteiger partial charge in [-0.1, -0.05) is 36.4 Å². The summed E-state index contributed by atoms with van der Waals surface area (Å²) >= 11 is 1.20. The third kappa shape index (κ3) is 4.90. The summed E-state index contributed by atoms with van der Waals surface area (Å²) in [5.74, 6) is 0.152. The first-order valence-electron chi connectivity index (χ1n) is 11.9. The Morgan fingerprint density at radius 3 is 2.43 bits per heavy atom. The Kier molecular flexibility index (Phi) is 7.44. The van der Waals surface area contributed by atoms with Crippen molar-refractivity contribution in [3.8, 4) is 5.69 Å². The van der Waals surface area contributed by atoms with Crippen molar-refractivity contribution >= 4 is 29.3 Å². The van der Waals surface area contributed by atoms with Crippen molar-refractivity contribution in [2.75, 3.05) is 29.5 Å². The van der Waals surface area contributed by atoms with Gasteiger partial charge in [0, 0.05) is 26.7 Å². The van der Waals surface area contributed by atoms with Crippen LogP contribution in [0.25, 0.3) is 5.69 Å². The standard InChI is InChI=1S/C24H31N7O3S/c1-4-12-30-20(25)19(21(33)28(3)24(30)34)18(32)15-35-23-27-26-22(29-13-6-5-7-14-29)31(23)17-10-8-16(2)9-11-17/h8-11H,4-7,12-15,25H2,1-3H3. The summed E-state index contributed by atoms with van der Waals surface area (Å²) in [5.41, 5.74) is 6.80. The van der Waals surface area contributed by atoms with Crippen LogP contribution >= 0.6 is 11.8 Å². The van der Waals surface area contributed by atoms with Crippen molar-refractivity contribution in [3.05, 3.63) is 56.2 Å². The van der Waals surface area contributed by atoms with Crippen LogP contribution in [0.2, 0.25) is 0 Å². The Bertz CT molecular complexity index is 1330. The molecule has 1 fully saturated rings. The van der Waals surface area contributed by atoms with Gasteiger partial charge in [-0.3, -0.25) is 23.3 Å². The number of hydrogen-bond acceptors (Lipinski definition) is 8. The number of Topliss-reactive ketones (excluding diaryl/α,β-unsaturated/α-hetero) is 1. The van der Waals surface area contributed by atoms with Gasteiger partial charge in [-0.2, -0.15) is 0 Å². The fraction of sp³-hybridized carbons (Fsp3) is 0.458. The van der Waals surface area contributed by atoms with Crippen LogP contribution in [0.5, 0.6) is 0 Å². The van der Waals surface area contributed by atoms with Gasteiger partial charge in [0.25, 0.3) is 5.56 Å².